The number of hydrazine groups is 1. The van der Waals surface area contributed by atoms with Gasteiger partial charge in [-0.25, -0.2) is 18.2 Å². The van der Waals surface area contributed by atoms with Gasteiger partial charge in [0.25, 0.3) is 5.91 Å². The number of hydrogen-bond donors (Lipinski definition) is 2. The van der Waals surface area contributed by atoms with E-state index in [1.807, 2.05) is 0 Å². The summed E-state index contributed by atoms with van der Waals surface area (Å²) < 4.78 is 40.3. The maximum absolute atomic E-state index is 13.5. The molecule has 0 aliphatic rings. The third kappa shape index (κ3) is 2.73. The van der Waals surface area contributed by atoms with E-state index in [0.717, 1.165) is 29.5 Å². The molecule has 1 aromatic heterocycles. The van der Waals surface area contributed by atoms with Crippen molar-refractivity contribution in [3.05, 3.63) is 59.4 Å². The van der Waals surface area contributed by atoms with Gasteiger partial charge in [-0.2, -0.15) is 0 Å². The maximum Gasteiger partial charge on any atom is 0.272 e. The smallest absolute Gasteiger partial charge is 0.272 e. The molecule has 0 atom stereocenters. The first kappa shape index (κ1) is 14.3. The molecule has 0 spiro atoms. The minimum absolute atomic E-state index is 0.00552. The zero-order valence-corrected chi connectivity index (χ0v) is 11.7. The highest BCUT2D eigenvalue weighted by Crippen LogP contribution is 2.28. The number of amides is 1. The molecule has 22 heavy (non-hydrogen) atoms. The molecule has 0 aliphatic heterocycles. The Bertz CT molecular complexity index is 866. The number of carbonyl (C=O) groups excluding carboxylic acids is 1. The number of aromatic nitrogens is 1. The SMILES string of the molecule is O=C(NNc1nc2c(F)cc(F)cc2s1)c1ccccc1F. The highest BCUT2D eigenvalue weighted by Gasteiger charge is 2.13. The molecule has 112 valence electrons. The number of thiazole rings is 1. The van der Waals surface area contributed by atoms with E-state index in [4.69, 9.17) is 0 Å². The Morgan fingerprint density at radius 1 is 1.09 bits per heavy atom. The van der Waals surface area contributed by atoms with Crippen LogP contribution in [0.25, 0.3) is 10.2 Å². The lowest BCUT2D eigenvalue weighted by Crippen LogP contribution is -2.29. The predicted octanol–water partition coefficient (Wildman–Crippen LogP) is 3.47. The molecular formula is C14H8F3N3OS. The second-order valence-corrected chi connectivity index (χ2v) is 5.34. The molecule has 0 radical (unpaired) electrons. The summed E-state index contributed by atoms with van der Waals surface area (Å²) in [5.74, 6) is -2.88. The largest absolute Gasteiger partial charge is 0.273 e. The molecule has 2 N–H and O–H groups in total. The fourth-order valence-electron chi connectivity index (χ4n) is 1.83. The quantitative estimate of drug-likeness (QED) is 0.726. The van der Waals surface area contributed by atoms with Gasteiger partial charge in [0, 0.05) is 6.07 Å². The summed E-state index contributed by atoms with van der Waals surface area (Å²) in [5, 5.41) is 0.157. The fourth-order valence-corrected chi connectivity index (χ4v) is 2.69. The zero-order valence-electron chi connectivity index (χ0n) is 10.9. The molecule has 0 saturated heterocycles. The Balaban J connectivity index is 1.78. The van der Waals surface area contributed by atoms with Crippen LogP contribution in [0.5, 0.6) is 0 Å². The molecule has 0 fully saturated rings. The Hall–Kier alpha value is -2.61. The number of halogens is 3. The molecule has 4 nitrogen and oxygen atoms in total. The van der Waals surface area contributed by atoms with Gasteiger partial charge < -0.3 is 0 Å². The minimum Gasteiger partial charge on any atom is -0.273 e. The third-order valence-electron chi connectivity index (χ3n) is 2.81. The molecule has 3 rings (SSSR count). The van der Waals surface area contributed by atoms with Crippen molar-refractivity contribution in [1.29, 1.82) is 0 Å². The molecule has 1 amide bonds. The highest BCUT2D eigenvalue weighted by atomic mass is 32.1. The van der Waals surface area contributed by atoms with Crippen molar-refractivity contribution in [2.45, 2.75) is 0 Å². The van der Waals surface area contributed by atoms with Crippen molar-refractivity contribution < 1.29 is 18.0 Å². The van der Waals surface area contributed by atoms with Crippen molar-refractivity contribution in [2.24, 2.45) is 0 Å². The second kappa shape index (κ2) is 5.64. The van der Waals surface area contributed by atoms with Crippen LogP contribution < -0.4 is 10.9 Å². The standard InChI is InChI=1S/C14H8F3N3OS/c15-7-5-10(17)12-11(6-7)22-14(18-12)20-19-13(21)8-3-1-2-4-9(8)16/h1-6H,(H,18,20)(H,19,21). The first-order valence-corrected chi connectivity index (χ1v) is 6.93. The van der Waals surface area contributed by atoms with Crippen LogP contribution in [-0.2, 0) is 0 Å². The molecule has 0 aliphatic carbocycles. The number of carbonyl (C=O) groups is 1. The molecule has 0 saturated carbocycles. The normalized spacial score (nSPS) is 10.7. The van der Waals surface area contributed by atoms with E-state index in [0.29, 0.717) is 4.70 Å². The Labute approximate surface area is 126 Å². The van der Waals surface area contributed by atoms with Crippen LogP contribution in [0.3, 0.4) is 0 Å². The van der Waals surface area contributed by atoms with Crippen LogP contribution >= 0.6 is 11.3 Å². The average Bonchev–Trinajstić information content (AvgIpc) is 2.88. The molecule has 8 heteroatoms. The summed E-state index contributed by atoms with van der Waals surface area (Å²) >= 11 is 0.956. The van der Waals surface area contributed by atoms with Gasteiger partial charge in [-0.1, -0.05) is 23.5 Å². The Morgan fingerprint density at radius 2 is 1.86 bits per heavy atom. The van der Waals surface area contributed by atoms with Gasteiger partial charge in [0.15, 0.2) is 5.82 Å². The van der Waals surface area contributed by atoms with Gasteiger partial charge in [-0.15, -0.1) is 0 Å². The lowest BCUT2D eigenvalue weighted by atomic mass is 10.2. The summed E-state index contributed by atoms with van der Waals surface area (Å²) in [4.78, 5) is 15.7. The first-order chi connectivity index (χ1) is 10.5. The van der Waals surface area contributed by atoms with Gasteiger partial charge >= 0.3 is 0 Å². The van der Waals surface area contributed by atoms with E-state index in [-0.39, 0.29) is 16.2 Å². The number of nitrogens with one attached hydrogen (secondary N) is 2. The maximum atomic E-state index is 13.5. The van der Waals surface area contributed by atoms with E-state index in [1.165, 1.54) is 18.2 Å². The van der Waals surface area contributed by atoms with Crippen molar-refractivity contribution in [1.82, 2.24) is 10.4 Å². The summed E-state index contributed by atoms with van der Waals surface area (Å²) in [7, 11) is 0. The van der Waals surface area contributed by atoms with Crippen molar-refractivity contribution in [3.63, 3.8) is 0 Å². The molecule has 2 aromatic carbocycles. The molecule has 0 bridgehead atoms. The van der Waals surface area contributed by atoms with Crippen molar-refractivity contribution >= 4 is 32.6 Å². The molecular weight excluding hydrogens is 315 g/mol. The lowest BCUT2D eigenvalue weighted by Gasteiger charge is -2.05. The monoisotopic (exact) mass is 323 g/mol. The summed E-state index contributed by atoms with van der Waals surface area (Å²) in [6.45, 7) is 0. The Morgan fingerprint density at radius 3 is 2.64 bits per heavy atom. The highest BCUT2D eigenvalue weighted by molar-refractivity contribution is 7.22. The van der Waals surface area contributed by atoms with E-state index >= 15 is 0 Å². The van der Waals surface area contributed by atoms with Crippen LogP contribution in [0.2, 0.25) is 0 Å². The number of hydrogen-bond acceptors (Lipinski definition) is 4. The van der Waals surface area contributed by atoms with E-state index in [1.54, 1.807) is 0 Å². The summed E-state index contributed by atoms with van der Waals surface area (Å²) in [5.41, 5.74) is 4.56. The molecule has 0 unspecified atom stereocenters. The first-order valence-electron chi connectivity index (χ1n) is 6.11. The predicted molar refractivity (Wildman–Crippen MR) is 77.0 cm³/mol. The summed E-state index contributed by atoms with van der Waals surface area (Å²) in [6, 6.07) is 7.33. The van der Waals surface area contributed by atoms with Gasteiger partial charge in [0.05, 0.1) is 10.3 Å². The minimum atomic E-state index is -0.792. The number of nitrogens with zero attached hydrogens (tertiary/aromatic N) is 1. The van der Waals surface area contributed by atoms with Crippen LogP contribution in [0.1, 0.15) is 10.4 Å². The zero-order chi connectivity index (χ0) is 15.7. The van der Waals surface area contributed by atoms with Gasteiger partial charge in [0.2, 0.25) is 5.13 Å². The summed E-state index contributed by atoms with van der Waals surface area (Å²) in [6.07, 6.45) is 0. The van der Waals surface area contributed by atoms with Crippen LogP contribution in [-0.4, -0.2) is 10.9 Å². The topological polar surface area (TPSA) is 54.0 Å². The lowest BCUT2D eigenvalue weighted by molar-refractivity contribution is 0.0958. The van der Waals surface area contributed by atoms with Gasteiger partial charge in [-0.3, -0.25) is 15.6 Å². The van der Waals surface area contributed by atoms with Crippen LogP contribution in [0.15, 0.2) is 36.4 Å². The Kier molecular flexibility index (Phi) is 3.68. The fraction of sp³-hybridized carbons (Fsp3) is 0. The number of rotatable bonds is 3. The van der Waals surface area contributed by atoms with Gasteiger partial charge in [0.1, 0.15) is 17.2 Å². The second-order valence-electron chi connectivity index (χ2n) is 4.31. The van der Waals surface area contributed by atoms with Gasteiger partial charge in [-0.05, 0) is 18.2 Å². The van der Waals surface area contributed by atoms with E-state index in [2.05, 4.69) is 15.8 Å². The number of anilines is 1. The van der Waals surface area contributed by atoms with Crippen LogP contribution in [0.4, 0.5) is 18.3 Å². The van der Waals surface area contributed by atoms with Crippen LogP contribution in [0, 0.1) is 17.5 Å². The van der Waals surface area contributed by atoms with Crippen molar-refractivity contribution in [3.8, 4) is 0 Å². The van der Waals surface area contributed by atoms with E-state index < -0.39 is 23.4 Å². The average molecular weight is 323 g/mol. The number of benzene rings is 2. The van der Waals surface area contributed by atoms with Crippen molar-refractivity contribution in [2.75, 3.05) is 5.43 Å². The molecule has 3 aromatic rings. The van der Waals surface area contributed by atoms with E-state index in [9.17, 15) is 18.0 Å². The third-order valence-corrected chi connectivity index (χ3v) is 3.73. The molecule has 1 heterocycles. The number of fused-ring (bicyclic) bond motifs is 1.